The molecule has 0 aliphatic heterocycles. The highest BCUT2D eigenvalue weighted by Crippen LogP contribution is 2.40. The molecule has 0 unspecified atom stereocenters. The van der Waals surface area contributed by atoms with Gasteiger partial charge in [-0.05, 0) is 24.5 Å². The van der Waals surface area contributed by atoms with Crippen molar-refractivity contribution in [2.24, 2.45) is 0 Å². The van der Waals surface area contributed by atoms with E-state index in [1.807, 2.05) is 6.07 Å². The van der Waals surface area contributed by atoms with Crippen molar-refractivity contribution in [3.63, 3.8) is 0 Å². The van der Waals surface area contributed by atoms with Gasteiger partial charge in [0.15, 0.2) is 11.6 Å². The zero-order valence-electron chi connectivity index (χ0n) is 18.1. The lowest BCUT2D eigenvalue weighted by atomic mass is 10.0. The van der Waals surface area contributed by atoms with Crippen molar-refractivity contribution in [1.29, 1.82) is 0 Å². The summed E-state index contributed by atoms with van der Waals surface area (Å²) in [6.07, 6.45) is 2.96. The number of fused-ring (bicyclic) bond motifs is 1. The van der Waals surface area contributed by atoms with Crippen molar-refractivity contribution in [2.45, 2.75) is 31.3 Å². The Morgan fingerprint density at radius 2 is 1.88 bits per heavy atom. The van der Waals surface area contributed by atoms with Gasteiger partial charge in [0, 0.05) is 18.7 Å². The van der Waals surface area contributed by atoms with E-state index >= 15 is 0 Å². The zero-order chi connectivity index (χ0) is 23.7. The number of rotatable bonds is 7. The number of esters is 1. The summed E-state index contributed by atoms with van der Waals surface area (Å²) in [5.41, 5.74) is -0.206. The van der Waals surface area contributed by atoms with E-state index in [0.717, 1.165) is 24.5 Å². The predicted molar refractivity (Wildman–Crippen MR) is 116 cm³/mol. The van der Waals surface area contributed by atoms with E-state index in [1.165, 1.54) is 20.4 Å². The largest absolute Gasteiger partial charge is 0.491 e. The number of halogens is 2. The van der Waals surface area contributed by atoms with E-state index in [4.69, 9.17) is 9.47 Å². The van der Waals surface area contributed by atoms with Crippen LogP contribution in [0.4, 0.5) is 8.78 Å². The Kier molecular flexibility index (Phi) is 6.13. The Morgan fingerprint density at radius 3 is 2.48 bits per heavy atom. The van der Waals surface area contributed by atoms with Gasteiger partial charge in [-0.25, -0.2) is 9.18 Å². The fourth-order valence-corrected chi connectivity index (χ4v) is 3.84. The SMILES string of the molecule is COC(=O)[C@H](Cc1ccccc1)NC(=O)c1cn(C2CC2)c2c(OC)c(F)c(F)cc2c1=O. The van der Waals surface area contributed by atoms with Crippen LogP contribution in [-0.4, -0.2) is 36.7 Å². The molecule has 0 spiro atoms. The Labute approximate surface area is 187 Å². The highest BCUT2D eigenvalue weighted by Gasteiger charge is 2.31. The smallest absolute Gasteiger partial charge is 0.328 e. The minimum Gasteiger partial charge on any atom is -0.491 e. The Morgan fingerprint density at radius 1 is 1.18 bits per heavy atom. The molecule has 1 fully saturated rings. The first-order valence-corrected chi connectivity index (χ1v) is 10.4. The van der Waals surface area contributed by atoms with Gasteiger partial charge in [0.05, 0.1) is 25.1 Å². The van der Waals surface area contributed by atoms with Gasteiger partial charge >= 0.3 is 5.97 Å². The lowest BCUT2D eigenvalue weighted by Gasteiger charge is -2.19. The molecule has 33 heavy (non-hydrogen) atoms. The molecule has 1 atom stereocenters. The van der Waals surface area contributed by atoms with Crippen LogP contribution >= 0.6 is 0 Å². The number of benzene rings is 2. The molecular weight excluding hydrogens is 434 g/mol. The van der Waals surface area contributed by atoms with E-state index in [0.29, 0.717) is 0 Å². The molecule has 1 aromatic heterocycles. The predicted octanol–water partition coefficient (Wildman–Crippen LogP) is 3.14. The molecule has 9 heteroatoms. The van der Waals surface area contributed by atoms with Gasteiger partial charge in [0.2, 0.25) is 11.2 Å². The average molecular weight is 456 g/mol. The summed E-state index contributed by atoms with van der Waals surface area (Å²) in [4.78, 5) is 38.5. The standard InChI is InChI=1S/C24H22F2N2O5/c1-32-22-19(26)17(25)11-15-20(22)28(14-8-9-14)12-16(21(15)29)23(30)27-18(24(31)33-2)10-13-6-4-3-5-7-13/h3-7,11-12,14,18H,8-10H2,1-2H3,(H,27,30)/t18-/m0/s1. The van der Waals surface area contributed by atoms with Gasteiger partial charge < -0.3 is 19.4 Å². The number of carbonyl (C=O) groups excluding carboxylic acids is 2. The van der Waals surface area contributed by atoms with Gasteiger partial charge in [-0.15, -0.1) is 0 Å². The number of nitrogens with zero attached hydrogens (tertiary/aromatic N) is 1. The van der Waals surface area contributed by atoms with E-state index in [2.05, 4.69) is 5.32 Å². The number of methoxy groups -OCH3 is 2. The van der Waals surface area contributed by atoms with Crippen molar-refractivity contribution in [3.05, 3.63) is 75.6 Å². The maximum atomic E-state index is 14.3. The summed E-state index contributed by atoms with van der Waals surface area (Å²) in [6, 6.07) is 8.64. The van der Waals surface area contributed by atoms with Gasteiger partial charge in [-0.3, -0.25) is 9.59 Å². The molecule has 0 saturated heterocycles. The molecule has 1 heterocycles. The highest BCUT2D eigenvalue weighted by atomic mass is 19.2. The van der Waals surface area contributed by atoms with Crippen LogP contribution in [0.5, 0.6) is 5.75 Å². The molecule has 1 N–H and O–H groups in total. The van der Waals surface area contributed by atoms with Crippen LogP contribution in [0.2, 0.25) is 0 Å². The maximum absolute atomic E-state index is 14.3. The molecule has 7 nitrogen and oxygen atoms in total. The molecule has 0 radical (unpaired) electrons. The topological polar surface area (TPSA) is 86.6 Å². The number of hydrogen-bond donors (Lipinski definition) is 1. The summed E-state index contributed by atoms with van der Waals surface area (Å²) in [5, 5.41) is 2.38. The molecule has 1 saturated carbocycles. The number of aromatic nitrogens is 1. The monoisotopic (exact) mass is 456 g/mol. The third-order valence-corrected chi connectivity index (χ3v) is 5.63. The number of ether oxygens (including phenoxy) is 2. The van der Waals surface area contributed by atoms with E-state index in [1.54, 1.807) is 28.8 Å². The first-order valence-electron chi connectivity index (χ1n) is 10.4. The minimum absolute atomic E-state index is 0.0841. The molecule has 2 aromatic carbocycles. The molecule has 4 rings (SSSR count). The van der Waals surface area contributed by atoms with Gasteiger partial charge in [0.25, 0.3) is 5.91 Å². The number of hydrogen-bond acceptors (Lipinski definition) is 5. The number of nitrogens with one attached hydrogen (secondary N) is 1. The van der Waals surface area contributed by atoms with Crippen LogP contribution in [0.3, 0.4) is 0 Å². The van der Waals surface area contributed by atoms with E-state index in [9.17, 15) is 23.2 Å². The van der Waals surface area contributed by atoms with Crippen LogP contribution in [-0.2, 0) is 16.0 Å². The summed E-state index contributed by atoms with van der Waals surface area (Å²) < 4.78 is 40.0. The second-order valence-electron chi connectivity index (χ2n) is 7.85. The Bertz CT molecular complexity index is 1290. The van der Waals surface area contributed by atoms with Gasteiger partial charge in [-0.1, -0.05) is 30.3 Å². The fraction of sp³-hybridized carbons (Fsp3) is 0.292. The Balaban J connectivity index is 1.78. The second kappa shape index (κ2) is 9.01. The quantitative estimate of drug-likeness (QED) is 0.552. The molecule has 172 valence electrons. The van der Waals surface area contributed by atoms with Gasteiger partial charge in [0.1, 0.15) is 11.6 Å². The highest BCUT2D eigenvalue weighted by molar-refractivity contribution is 6.00. The summed E-state index contributed by atoms with van der Waals surface area (Å²) >= 11 is 0. The van der Waals surface area contributed by atoms with Crippen molar-refractivity contribution in [1.82, 2.24) is 9.88 Å². The van der Waals surface area contributed by atoms with Crippen LogP contribution in [0.25, 0.3) is 10.9 Å². The lowest BCUT2D eigenvalue weighted by molar-refractivity contribution is -0.142. The van der Waals surface area contributed by atoms with Crippen LogP contribution in [0.15, 0.2) is 47.4 Å². The first kappa shape index (κ1) is 22.4. The minimum atomic E-state index is -1.26. The fourth-order valence-electron chi connectivity index (χ4n) is 3.84. The third-order valence-electron chi connectivity index (χ3n) is 5.63. The molecule has 1 aliphatic carbocycles. The molecule has 1 amide bonds. The van der Waals surface area contributed by atoms with Crippen molar-refractivity contribution in [3.8, 4) is 5.75 Å². The third kappa shape index (κ3) is 4.30. The van der Waals surface area contributed by atoms with E-state index < -0.39 is 40.7 Å². The van der Waals surface area contributed by atoms with Crippen molar-refractivity contribution < 1.29 is 27.8 Å². The average Bonchev–Trinajstić information content (AvgIpc) is 3.66. The summed E-state index contributed by atoms with van der Waals surface area (Å²) in [6.45, 7) is 0. The zero-order valence-corrected chi connectivity index (χ0v) is 18.1. The number of carbonyl (C=O) groups is 2. The maximum Gasteiger partial charge on any atom is 0.328 e. The lowest BCUT2D eigenvalue weighted by Crippen LogP contribution is -2.44. The first-order chi connectivity index (χ1) is 15.8. The molecule has 3 aromatic rings. The van der Waals surface area contributed by atoms with Crippen molar-refractivity contribution in [2.75, 3.05) is 14.2 Å². The molecule has 0 bridgehead atoms. The molecule has 1 aliphatic rings. The Hall–Kier alpha value is -3.75. The summed E-state index contributed by atoms with van der Waals surface area (Å²) in [7, 11) is 2.39. The van der Waals surface area contributed by atoms with E-state index in [-0.39, 0.29) is 28.9 Å². The van der Waals surface area contributed by atoms with Crippen molar-refractivity contribution >= 4 is 22.8 Å². The van der Waals surface area contributed by atoms with Gasteiger partial charge in [-0.2, -0.15) is 4.39 Å². The number of pyridine rings is 1. The summed E-state index contributed by atoms with van der Waals surface area (Å²) in [5.74, 6) is -4.34. The number of amides is 1. The molecular formula is C24H22F2N2O5. The normalized spacial score (nSPS) is 14.1. The van der Waals surface area contributed by atoms with Crippen LogP contribution in [0.1, 0.15) is 34.8 Å². The van der Waals surface area contributed by atoms with Crippen LogP contribution < -0.4 is 15.5 Å². The second-order valence-corrected chi connectivity index (χ2v) is 7.85. The van der Waals surface area contributed by atoms with Crippen LogP contribution in [0, 0.1) is 11.6 Å².